The average Bonchev–Trinajstić information content (AvgIpc) is 2.46. The van der Waals surface area contributed by atoms with Crippen LogP contribution in [0.4, 0.5) is 5.82 Å². The van der Waals surface area contributed by atoms with Crippen LogP contribution in [-0.4, -0.2) is 43.1 Å². The first-order valence-electron chi connectivity index (χ1n) is 8.15. The van der Waals surface area contributed by atoms with Gasteiger partial charge in [-0.05, 0) is 73.3 Å². The summed E-state index contributed by atoms with van der Waals surface area (Å²) in [7, 11) is 2.27. The molecule has 0 saturated carbocycles. The number of piperidine rings is 1. The first kappa shape index (κ1) is 16.8. The zero-order valence-corrected chi connectivity index (χ0v) is 15.2. The second-order valence-corrected chi connectivity index (χ2v) is 7.26. The van der Waals surface area contributed by atoms with E-state index in [1.807, 2.05) is 6.20 Å². The van der Waals surface area contributed by atoms with Gasteiger partial charge in [-0.25, -0.2) is 4.98 Å². The van der Waals surface area contributed by atoms with E-state index in [1.54, 1.807) is 0 Å². The molecule has 1 aliphatic rings. The third-order valence-corrected chi connectivity index (χ3v) is 4.83. The summed E-state index contributed by atoms with van der Waals surface area (Å²) < 4.78 is 1.07. The summed E-state index contributed by atoms with van der Waals surface area (Å²) in [5.41, 5.74) is 1.27. The van der Waals surface area contributed by atoms with Gasteiger partial charge < -0.3 is 9.80 Å². The van der Waals surface area contributed by atoms with E-state index in [2.05, 4.69) is 57.7 Å². The smallest absolute Gasteiger partial charge is 0.131 e. The van der Waals surface area contributed by atoms with Gasteiger partial charge in [-0.15, -0.1) is 0 Å². The molecule has 2 rings (SSSR count). The number of rotatable bonds is 6. The predicted molar refractivity (Wildman–Crippen MR) is 94.0 cm³/mol. The van der Waals surface area contributed by atoms with Crippen LogP contribution in [0.1, 0.15) is 38.2 Å². The third-order valence-electron chi connectivity index (χ3n) is 4.39. The number of nitrogens with zero attached hydrogens (tertiary/aromatic N) is 3. The predicted octanol–water partition coefficient (Wildman–Crippen LogP) is 4.10. The van der Waals surface area contributed by atoms with E-state index in [-0.39, 0.29) is 0 Å². The Balaban J connectivity index is 1.82. The molecule has 0 N–H and O–H groups in total. The molecule has 0 bridgehead atoms. The first-order valence-corrected chi connectivity index (χ1v) is 8.95. The Kier molecular flexibility index (Phi) is 6.49. The van der Waals surface area contributed by atoms with Crippen LogP contribution in [0.5, 0.6) is 0 Å². The van der Waals surface area contributed by atoms with Crippen molar-refractivity contribution in [1.82, 2.24) is 9.88 Å². The summed E-state index contributed by atoms with van der Waals surface area (Å²) in [5.74, 6) is 2.01. The topological polar surface area (TPSA) is 19.4 Å². The van der Waals surface area contributed by atoms with Crippen molar-refractivity contribution in [3.63, 3.8) is 0 Å². The monoisotopic (exact) mass is 353 g/mol. The summed E-state index contributed by atoms with van der Waals surface area (Å²) in [4.78, 5) is 9.55. The quantitative estimate of drug-likeness (QED) is 0.767. The molecular formula is C17H28BrN3. The fraction of sp³-hybridized carbons (Fsp3) is 0.706. The van der Waals surface area contributed by atoms with E-state index >= 15 is 0 Å². The third kappa shape index (κ3) is 4.96. The minimum Gasteiger partial charge on any atom is -0.356 e. The van der Waals surface area contributed by atoms with Gasteiger partial charge in [0.05, 0.1) is 0 Å². The van der Waals surface area contributed by atoms with Gasteiger partial charge in [-0.3, -0.25) is 0 Å². The number of halogens is 1. The molecule has 1 fully saturated rings. The van der Waals surface area contributed by atoms with Gasteiger partial charge >= 0.3 is 0 Å². The zero-order chi connectivity index (χ0) is 15.2. The molecule has 0 radical (unpaired) electrons. The molecule has 1 aliphatic heterocycles. The molecule has 0 aromatic carbocycles. The number of pyridine rings is 1. The van der Waals surface area contributed by atoms with Crippen molar-refractivity contribution >= 4 is 21.7 Å². The minimum absolute atomic E-state index is 0.846. The normalized spacial score (nSPS) is 16.7. The van der Waals surface area contributed by atoms with Crippen molar-refractivity contribution in [2.45, 2.75) is 39.5 Å². The van der Waals surface area contributed by atoms with Gasteiger partial charge in [0.2, 0.25) is 0 Å². The first-order chi connectivity index (χ1) is 10.1. The van der Waals surface area contributed by atoms with Crippen molar-refractivity contribution in [3.05, 3.63) is 22.3 Å². The molecule has 21 heavy (non-hydrogen) atoms. The molecule has 4 heteroatoms. The van der Waals surface area contributed by atoms with E-state index in [1.165, 1.54) is 44.3 Å². The number of aromatic nitrogens is 1. The molecule has 1 aromatic rings. The second-order valence-electron chi connectivity index (χ2n) is 6.34. The van der Waals surface area contributed by atoms with E-state index < -0.39 is 0 Å². The maximum absolute atomic E-state index is 4.60. The highest BCUT2D eigenvalue weighted by Gasteiger charge is 2.22. The lowest BCUT2D eigenvalue weighted by atomic mass is 9.96. The van der Waals surface area contributed by atoms with Crippen molar-refractivity contribution in [2.24, 2.45) is 5.92 Å². The molecule has 0 spiro atoms. The lowest BCUT2D eigenvalue weighted by Gasteiger charge is -2.35. The van der Waals surface area contributed by atoms with E-state index in [4.69, 9.17) is 0 Å². The molecular weight excluding hydrogens is 326 g/mol. The van der Waals surface area contributed by atoms with Crippen LogP contribution in [-0.2, 0) is 0 Å². The lowest BCUT2D eigenvalue weighted by molar-refractivity contribution is 0.245. The summed E-state index contributed by atoms with van der Waals surface area (Å²) in [6, 6.07) is 2.16. The molecule has 0 unspecified atom stereocenters. The second kappa shape index (κ2) is 8.14. The highest BCUT2D eigenvalue weighted by molar-refractivity contribution is 9.10. The summed E-state index contributed by atoms with van der Waals surface area (Å²) in [6.45, 7) is 9.19. The van der Waals surface area contributed by atoms with Crippen LogP contribution in [0, 0.1) is 12.8 Å². The Bertz CT molecular complexity index is 442. The summed E-state index contributed by atoms with van der Waals surface area (Å²) >= 11 is 3.49. The molecule has 0 atom stereocenters. The average molecular weight is 354 g/mol. The fourth-order valence-electron chi connectivity index (χ4n) is 3.15. The van der Waals surface area contributed by atoms with Gasteiger partial charge in [0.1, 0.15) is 5.82 Å². The maximum atomic E-state index is 4.60. The Morgan fingerprint density at radius 2 is 2.10 bits per heavy atom. The molecule has 0 amide bonds. The van der Waals surface area contributed by atoms with Crippen molar-refractivity contribution in [1.29, 1.82) is 0 Å². The Hall–Kier alpha value is -0.610. The van der Waals surface area contributed by atoms with Crippen LogP contribution in [0.3, 0.4) is 0 Å². The number of hydrogen-bond donors (Lipinski definition) is 0. The van der Waals surface area contributed by atoms with Gasteiger partial charge in [-0.1, -0.05) is 13.3 Å². The van der Waals surface area contributed by atoms with Crippen LogP contribution in [0.15, 0.2) is 16.7 Å². The van der Waals surface area contributed by atoms with Gasteiger partial charge in [0, 0.05) is 30.3 Å². The maximum Gasteiger partial charge on any atom is 0.131 e. The van der Waals surface area contributed by atoms with Crippen molar-refractivity contribution in [3.8, 4) is 0 Å². The Morgan fingerprint density at radius 1 is 1.38 bits per heavy atom. The molecule has 2 heterocycles. The molecule has 1 aromatic heterocycles. The fourth-order valence-corrected chi connectivity index (χ4v) is 3.60. The summed E-state index contributed by atoms with van der Waals surface area (Å²) in [5, 5.41) is 0. The lowest BCUT2D eigenvalue weighted by Crippen LogP contribution is -2.38. The minimum atomic E-state index is 0.846. The number of unbranched alkanes of at least 4 members (excludes halogenated alkanes) is 1. The van der Waals surface area contributed by atoms with Crippen LogP contribution >= 0.6 is 15.9 Å². The molecule has 118 valence electrons. The van der Waals surface area contributed by atoms with Crippen LogP contribution in [0.25, 0.3) is 0 Å². The number of aryl methyl sites for hydroxylation is 1. The SMILES string of the molecule is CCCCN(C)CC1CCN(c2ncc(Br)cc2C)CC1. The van der Waals surface area contributed by atoms with Crippen molar-refractivity contribution < 1.29 is 0 Å². The van der Waals surface area contributed by atoms with Crippen LogP contribution in [0.2, 0.25) is 0 Å². The highest BCUT2D eigenvalue weighted by Crippen LogP contribution is 2.26. The van der Waals surface area contributed by atoms with Gasteiger partial charge in [0.15, 0.2) is 0 Å². The van der Waals surface area contributed by atoms with E-state index in [9.17, 15) is 0 Å². The van der Waals surface area contributed by atoms with E-state index in [0.29, 0.717) is 0 Å². The van der Waals surface area contributed by atoms with Gasteiger partial charge in [0.25, 0.3) is 0 Å². The highest BCUT2D eigenvalue weighted by atomic mass is 79.9. The Labute approximate surface area is 137 Å². The molecule has 1 saturated heterocycles. The largest absolute Gasteiger partial charge is 0.356 e. The standard InChI is InChI=1S/C17H28BrN3/c1-4-5-8-20(3)13-15-6-9-21(10-7-15)17-14(2)11-16(18)12-19-17/h11-12,15H,4-10,13H2,1-3H3. The van der Waals surface area contributed by atoms with Gasteiger partial charge in [-0.2, -0.15) is 0 Å². The molecule has 0 aliphatic carbocycles. The Morgan fingerprint density at radius 3 is 2.71 bits per heavy atom. The zero-order valence-electron chi connectivity index (χ0n) is 13.6. The molecule has 3 nitrogen and oxygen atoms in total. The van der Waals surface area contributed by atoms with Crippen molar-refractivity contribution in [2.75, 3.05) is 38.1 Å². The van der Waals surface area contributed by atoms with E-state index in [0.717, 1.165) is 29.3 Å². The summed E-state index contributed by atoms with van der Waals surface area (Å²) in [6.07, 6.45) is 7.09. The number of anilines is 1. The van der Waals surface area contributed by atoms with Crippen LogP contribution < -0.4 is 4.90 Å². The number of hydrogen-bond acceptors (Lipinski definition) is 3.